The first-order chi connectivity index (χ1) is 12.9. The van der Waals surface area contributed by atoms with Gasteiger partial charge in [0.15, 0.2) is 0 Å². The highest BCUT2D eigenvalue weighted by Gasteiger charge is 2.33. The van der Waals surface area contributed by atoms with Crippen LogP contribution in [0, 0.1) is 5.41 Å². The minimum atomic E-state index is -0.804. The van der Waals surface area contributed by atoms with Crippen LogP contribution in [0.2, 0.25) is 0 Å². The van der Waals surface area contributed by atoms with Crippen LogP contribution in [0.5, 0.6) is 0 Å². The van der Waals surface area contributed by atoms with E-state index in [1.54, 1.807) is 0 Å². The number of carboxylic acid groups (broad SMARTS) is 1. The van der Waals surface area contributed by atoms with E-state index in [1.165, 1.54) is 11.1 Å². The normalized spacial score (nSPS) is 21.6. The van der Waals surface area contributed by atoms with Gasteiger partial charge in [0.25, 0.3) is 0 Å². The standard InChI is InChI=1S/C21H31N3O3/c1-21(12-16-6-3-4-7-17(16)13-21)15-22-20(27)24-10-5-8-18(9-11-24)23(2)14-19(25)26/h3-4,6-7,18H,5,8-15H2,1-2H3,(H,22,27)(H,25,26). The van der Waals surface area contributed by atoms with Gasteiger partial charge in [-0.25, -0.2) is 4.79 Å². The average molecular weight is 373 g/mol. The van der Waals surface area contributed by atoms with Gasteiger partial charge in [-0.2, -0.15) is 0 Å². The molecule has 1 aliphatic heterocycles. The number of benzene rings is 1. The lowest BCUT2D eigenvalue weighted by Crippen LogP contribution is -2.45. The van der Waals surface area contributed by atoms with E-state index >= 15 is 0 Å². The molecule has 27 heavy (non-hydrogen) atoms. The maximum Gasteiger partial charge on any atom is 0.317 e. The summed E-state index contributed by atoms with van der Waals surface area (Å²) in [7, 11) is 1.85. The van der Waals surface area contributed by atoms with Gasteiger partial charge in [0.2, 0.25) is 0 Å². The second-order valence-electron chi connectivity index (χ2n) is 8.47. The minimum Gasteiger partial charge on any atom is -0.480 e. The van der Waals surface area contributed by atoms with Crippen molar-refractivity contribution in [2.75, 3.05) is 33.2 Å². The molecule has 2 amide bonds. The Morgan fingerprint density at radius 2 is 1.89 bits per heavy atom. The zero-order chi connectivity index (χ0) is 19.4. The first-order valence-corrected chi connectivity index (χ1v) is 9.88. The molecule has 0 aromatic heterocycles. The van der Waals surface area contributed by atoms with E-state index in [4.69, 9.17) is 5.11 Å². The molecule has 3 rings (SSSR count). The van der Waals surface area contributed by atoms with Crippen LogP contribution in [-0.4, -0.2) is 66.2 Å². The van der Waals surface area contributed by atoms with Gasteiger partial charge in [0.05, 0.1) is 6.54 Å². The Morgan fingerprint density at radius 1 is 1.22 bits per heavy atom. The van der Waals surface area contributed by atoms with Gasteiger partial charge in [-0.05, 0) is 55.7 Å². The molecule has 6 nitrogen and oxygen atoms in total. The van der Waals surface area contributed by atoms with E-state index in [9.17, 15) is 9.59 Å². The average Bonchev–Trinajstić information content (AvgIpc) is 2.79. The van der Waals surface area contributed by atoms with Gasteiger partial charge in [0, 0.05) is 25.7 Å². The highest BCUT2D eigenvalue weighted by molar-refractivity contribution is 5.74. The summed E-state index contributed by atoms with van der Waals surface area (Å²) >= 11 is 0. The van der Waals surface area contributed by atoms with Crippen LogP contribution in [0.3, 0.4) is 0 Å². The number of nitrogens with one attached hydrogen (secondary N) is 1. The second kappa shape index (κ2) is 8.30. The van der Waals surface area contributed by atoms with Crippen molar-refractivity contribution in [2.24, 2.45) is 5.41 Å². The molecule has 1 saturated heterocycles. The predicted molar refractivity (Wildman–Crippen MR) is 105 cm³/mol. The zero-order valence-corrected chi connectivity index (χ0v) is 16.4. The fourth-order valence-electron chi connectivity index (χ4n) is 4.48. The van der Waals surface area contributed by atoms with Crippen LogP contribution in [0.1, 0.15) is 37.3 Å². The van der Waals surface area contributed by atoms with E-state index in [0.29, 0.717) is 13.1 Å². The minimum absolute atomic E-state index is 0.00807. The number of aliphatic carboxylic acids is 1. The van der Waals surface area contributed by atoms with Crippen molar-refractivity contribution >= 4 is 12.0 Å². The van der Waals surface area contributed by atoms with Gasteiger partial charge in [-0.15, -0.1) is 0 Å². The third kappa shape index (κ3) is 5.01. The highest BCUT2D eigenvalue weighted by atomic mass is 16.4. The van der Waals surface area contributed by atoms with Crippen molar-refractivity contribution in [3.63, 3.8) is 0 Å². The molecule has 1 aromatic rings. The molecule has 1 heterocycles. The number of nitrogens with zero attached hydrogens (tertiary/aromatic N) is 2. The molecular weight excluding hydrogens is 342 g/mol. The topological polar surface area (TPSA) is 72.9 Å². The largest absolute Gasteiger partial charge is 0.480 e. The van der Waals surface area contributed by atoms with E-state index in [1.807, 2.05) is 16.8 Å². The maximum absolute atomic E-state index is 12.7. The van der Waals surface area contributed by atoms with Crippen LogP contribution < -0.4 is 5.32 Å². The summed E-state index contributed by atoms with van der Waals surface area (Å²) in [5, 5.41) is 12.1. The first-order valence-electron chi connectivity index (χ1n) is 9.88. The summed E-state index contributed by atoms with van der Waals surface area (Å²) in [5.41, 5.74) is 2.87. The Kier molecular flexibility index (Phi) is 6.05. The summed E-state index contributed by atoms with van der Waals surface area (Å²) in [6, 6.07) is 8.77. The molecule has 6 heteroatoms. The number of carbonyl (C=O) groups is 2. The second-order valence-corrected chi connectivity index (χ2v) is 8.47. The van der Waals surface area contributed by atoms with Crippen LogP contribution in [-0.2, 0) is 17.6 Å². The summed E-state index contributed by atoms with van der Waals surface area (Å²) in [4.78, 5) is 27.4. The van der Waals surface area contributed by atoms with E-state index in [2.05, 4.69) is 36.5 Å². The van der Waals surface area contributed by atoms with Gasteiger partial charge < -0.3 is 15.3 Å². The lowest BCUT2D eigenvalue weighted by atomic mass is 9.87. The third-order valence-electron chi connectivity index (χ3n) is 6.01. The highest BCUT2D eigenvalue weighted by Crippen LogP contribution is 2.36. The van der Waals surface area contributed by atoms with E-state index in [-0.39, 0.29) is 24.0 Å². The number of carboxylic acids is 1. The molecule has 0 saturated carbocycles. The van der Waals surface area contributed by atoms with Crippen LogP contribution in [0.25, 0.3) is 0 Å². The Hall–Kier alpha value is -2.08. The fourth-order valence-corrected chi connectivity index (χ4v) is 4.48. The summed E-state index contributed by atoms with van der Waals surface area (Å²) < 4.78 is 0. The smallest absolute Gasteiger partial charge is 0.317 e. The van der Waals surface area contributed by atoms with Gasteiger partial charge in [0.1, 0.15) is 0 Å². The van der Waals surface area contributed by atoms with Crippen molar-refractivity contribution in [1.82, 2.24) is 15.1 Å². The number of carbonyl (C=O) groups excluding carboxylic acids is 1. The Bertz CT molecular complexity index is 666. The number of amides is 2. The molecular formula is C21H31N3O3. The Morgan fingerprint density at radius 3 is 2.52 bits per heavy atom. The molecule has 0 spiro atoms. The van der Waals surface area contributed by atoms with E-state index in [0.717, 1.165) is 38.6 Å². The lowest BCUT2D eigenvalue weighted by Gasteiger charge is -2.28. The third-order valence-corrected chi connectivity index (χ3v) is 6.01. The molecule has 0 radical (unpaired) electrons. The molecule has 1 aliphatic carbocycles. The van der Waals surface area contributed by atoms with Gasteiger partial charge in [-0.1, -0.05) is 31.2 Å². The lowest BCUT2D eigenvalue weighted by molar-refractivity contribution is -0.138. The number of fused-ring (bicyclic) bond motifs is 1. The van der Waals surface area contributed by atoms with Crippen molar-refractivity contribution in [2.45, 2.75) is 45.1 Å². The van der Waals surface area contributed by atoms with Crippen LogP contribution in [0.15, 0.2) is 24.3 Å². The number of hydrogen-bond donors (Lipinski definition) is 2. The Balaban J connectivity index is 1.48. The number of hydrogen-bond acceptors (Lipinski definition) is 3. The van der Waals surface area contributed by atoms with Crippen molar-refractivity contribution in [3.8, 4) is 0 Å². The van der Waals surface area contributed by atoms with Crippen LogP contribution >= 0.6 is 0 Å². The van der Waals surface area contributed by atoms with Crippen molar-refractivity contribution in [1.29, 1.82) is 0 Å². The first kappa shape index (κ1) is 19.7. The molecule has 148 valence electrons. The fraction of sp³-hybridized carbons (Fsp3) is 0.619. The number of rotatable bonds is 5. The predicted octanol–water partition coefficient (Wildman–Crippen LogP) is 2.37. The monoisotopic (exact) mass is 373 g/mol. The molecule has 1 atom stereocenters. The van der Waals surface area contributed by atoms with E-state index < -0.39 is 5.97 Å². The summed E-state index contributed by atoms with van der Waals surface area (Å²) in [5.74, 6) is -0.804. The van der Waals surface area contributed by atoms with Crippen molar-refractivity contribution in [3.05, 3.63) is 35.4 Å². The zero-order valence-electron chi connectivity index (χ0n) is 16.4. The van der Waals surface area contributed by atoms with Gasteiger partial charge in [-0.3, -0.25) is 9.69 Å². The summed E-state index contributed by atoms with van der Waals surface area (Å²) in [6.07, 6.45) is 4.67. The SMILES string of the molecule is CN(CC(=O)O)C1CCCN(C(=O)NCC2(C)Cc3ccccc3C2)CC1. The van der Waals surface area contributed by atoms with Crippen molar-refractivity contribution < 1.29 is 14.7 Å². The number of likely N-dealkylation sites (tertiary alicyclic amines) is 1. The molecule has 2 aliphatic rings. The number of likely N-dealkylation sites (N-methyl/N-ethyl adjacent to an activating group) is 1. The molecule has 1 unspecified atom stereocenters. The molecule has 1 fully saturated rings. The van der Waals surface area contributed by atoms with Crippen LogP contribution in [0.4, 0.5) is 4.79 Å². The number of urea groups is 1. The quantitative estimate of drug-likeness (QED) is 0.831. The maximum atomic E-state index is 12.7. The molecule has 2 N–H and O–H groups in total. The van der Waals surface area contributed by atoms with Gasteiger partial charge >= 0.3 is 12.0 Å². The molecule has 0 bridgehead atoms. The summed E-state index contributed by atoms with van der Waals surface area (Å²) in [6.45, 7) is 4.39. The molecule has 1 aromatic carbocycles. The Labute approximate surface area is 161 Å².